The first-order valence-corrected chi connectivity index (χ1v) is 8.70. The van der Waals surface area contributed by atoms with E-state index in [0.717, 1.165) is 5.56 Å². The fourth-order valence-corrected chi connectivity index (χ4v) is 3.56. The first kappa shape index (κ1) is 19.0. The lowest BCUT2D eigenvalue weighted by molar-refractivity contribution is -0.141. The van der Waals surface area contributed by atoms with Crippen molar-refractivity contribution in [3.63, 3.8) is 0 Å². The highest BCUT2D eigenvalue weighted by molar-refractivity contribution is 7.13. The summed E-state index contributed by atoms with van der Waals surface area (Å²) in [6, 6.07) is 10.7. The van der Waals surface area contributed by atoms with Gasteiger partial charge in [-0.05, 0) is 43.2 Å². The molecule has 0 atom stereocenters. The summed E-state index contributed by atoms with van der Waals surface area (Å²) in [7, 11) is 0. The number of nitrogens with one attached hydrogen (secondary N) is 1. The number of alkyl halides is 3. The van der Waals surface area contributed by atoms with Crippen LogP contribution in [0.15, 0.2) is 42.5 Å². The quantitative estimate of drug-likeness (QED) is 0.567. The van der Waals surface area contributed by atoms with E-state index in [4.69, 9.17) is 0 Å². The topological polar surface area (TPSA) is 42.0 Å². The number of benzene rings is 2. The first-order valence-electron chi connectivity index (χ1n) is 7.88. The summed E-state index contributed by atoms with van der Waals surface area (Å²) >= 11 is 0.684. The van der Waals surface area contributed by atoms with Crippen LogP contribution in [0.1, 0.15) is 25.9 Å². The number of anilines is 1. The van der Waals surface area contributed by atoms with Crippen molar-refractivity contribution < 1.29 is 22.4 Å². The molecule has 0 saturated carbocycles. The predicted octanol–water partition coefficient (Wildman–Crippen LogP) is 5.84. The summed E-state index contributed by atoms with van der Waals surface area (Å²) in [6.45, 7) is 3.21. The van der Waals surface area contributed by atoms with E-state index in [-0.39, 0.29) is 5.01 Å². The van der Waals surface area contributed by atoms with Gasteiger partial charge >= 0.3 is 6.18 Å². The molecule has 0 fully saturated rings. The zero-order valence-electron chi connectivity index (χ0n) is 14.3. The molecule has 8 heteroatoms. The molecular formula is C19H14F4N2OS. The van der Waals surface area contributed by atoms with Gasteiger partial charge < -0.3 is 5.32 Å². The Kier molecular flexibility index (Phi) is 5.01. The lowest BCUT2D eigenvalue weighted by Gasteiger charge is -2.14. The Labute approximate surface area is 156 Å². The highest BCUT2D eigenvalue weighted by Crippen LogP contribution is 2.36. The van der Waals surface area contributed by atoms with Crippen LogP contribution in [0.4, 0.5) is 23.2 Å². The van der Waals surface area contributed by atoms with Gasteiger partial charge in [-0.25, -0.2) is 9.37 Å². The van der Waals surface area contributed by atoms with Gasteiger partial charge in [0, 0.05) is 11.3 Å². The molecule has 3 nitrogen and oxygen atoms in total. The number of hydrogen-bond donors (Lipinski definition) is 1. The van der Waals surface area contributed by atoms with Gasteiger partial charge in [-0.1, -0.05) is 24.3 Å². The van der Waals surface area contributed by atoms with Crippen LogP contribution in [0, 0.1) is 19.7 Å². The molecule has 0 aliphatic rings. The highest BCUT2D eigenvalue weighted by Gasteiger charge is 2.39. The SMILES string of the molecule is Cc1nc(C(F)(F)F)c(C(=O)Nc2cccc(C)c2-c2ccc(F)cc2)s1. The molecule has 0 bridgehead atoms. The lowest BCUT2D eigenvalue weighted by Crippen LogP contribution is -2.17. The van der Waals surface area contributed by atoms with Crippen molar-refractivity contribution in [1.29, 1.82) is 0 Å². The van der Waals surface area contributed by atoms with Crippen molar-refractivity contribution in [2.75, 3.05) is 5.32 Å². The van der Waals surface area contributed by atoms with Gasteiger partial charge in [-0.3, -0.25) is 4.79 Å². The van der Waals surface area contributed by atoms with E-state index in [1.807, 2.05) is 0 Å². The van der Waals surface area contributed by atoms with Crippen LogP contribution in [0.5, 0.6) is 0 Å². The molecule has 0 radical (unpaired) electrons. The van der Waals surface area contributed by atoms with Crippen LogP contribution >= 0.6 is 11.3 Å². The van der Waals surface area contributed by atoms with Crippen LogP contribution in [-0.4, -0.2) is 10.9 Å². The minimum atomic E-state index is -4.72. The molecule has 0 aliphatic heterocycles. The van der Waals surface area contributed by atoms with E-state index in [2.05, 4.69) is 10.3 Å². The van der Waals surface area contributed by atoms with Crippen molar-refractivity contribution in [1.82, 2.24) is 4.98 Å². The number of hydrogen-bond acceptors (Lipinski definition) is 3. The Bertz CT molecular complexity index is 994. The van der Waals surface area contributed by atoms with Crippen LogP contribution in [0.3, 0.4) is 0 Å². The summed E-state index contributed by atoms with van der Waals surface area (Å²) in [5.41, 5.74) is 1.18. The summed E-state index contributed by atoms with van der Waals surface area (Å²) in [5.74, 6) is -1.30. The van der Waals surface area contributed by atoms with E-state index in [1.54, 1.807) is 37.3 Å². The van der Waals surface area contributed by atoms with Crippen molar-refractivity contribution >= 4 is 22.9 Å². The first-order chi connectivity index (χ1) is 12.7. The summed E-state index contributed by atoms with van der Waals surface area (Å²) in [6.07, 6.45) is -4.72. The van der Waals surface area contributed by atoms with Gasteiger partial charge in [-0.2, -0.15) is 13.2 Å². The number of carbonyl (C=O) groups excluding carboxylic acids is 1. The van der Waals surface area contributed by atoms with E-state index >= 15 is 0 Å². The fourth-order valence-electron chi connectivity index (χ4n) is 2.72. The summed E-state index contributed by atoms with van der Waals surface area (Å²) in [4.78, 5) is 15.5. The molecule has 0 spiro atoms. The molecule has 0 unspecified atom stereocenters. The monoisotopic (exact) mass is 394 g/mol. The molecule has 3 aromatic rings. The molecule has 27 heavy (non-hydrogen) atoms. The molecule has 0 aliphatic carbocycles. The number of rotatable bonds is 3. The highest BCUT2D eigenvalue weighted by atomic mass is 32.1. The third kappa shape index (κ3) is 4.00. The van der Waals surface area contributed by atoms with Crippen molar-refractivity contribution in [3.05, 3.63) is 69.4 Å². The molecule has 1 amide bonds. The standard InChI is InChI=1S/C19H14F4N2OS/c1-10-4-3-5-14(15(10)12-6-8-13(20)9-7-12)25-18(26)16-17(19(21,22)23)24-11(2)27-16/h3-9H,1-2H3,(H,25,26). The van der Waals surface area contributed by atoms with Crippen LogP contribution in [0.25, 0.3) is 11.1 Å². The minimum absolute atomic E-state index is 0.149. The molecule has 1 heterocycles. The third-order valence-corrected chi connectivity index (χ3v) is 4.83. The Morgan fingerprint density at radius 3 is 2.37 bits per heavy atom. The summed E-state index contributed by atoms with van der Waals surface area (Å²) in [5, 5.41) is 2.69. The van der Waals surface area contributed by atoms with Gasteiger partial charge in [0.2, 0.25) is 0 Å². The maximum Gasteiger partial charge on any atom is 0.435 e. The van der Waals surface area contributed by atoms with Gasteiger partial charge in [-0.15, -0.1) is 11.3 Å². The second-order valence-electron chi connectivity index (χ2n) is 5.87. The van der Waals surface area contributed by atoms with Crippen LogP contribution in [0.2, 0.25) is 0 Å². The Hall–Kier alpha value is -2.74. The molecule has 0 saturated heterocycles. The van der Waals surface area contributed by atoms with Crippen molar-refractivity contribution in [2.45, 2.75) is 20.0 Å². The van der Waals surface area contributed by atoms with Gasteiger partial charge in [0.25, 0.3) is 5.91 Å². The maximum absolute atomic E-state index is 13.2. The Morgan fingerprint density at radius 2 is 1.74 bits per heavy atom. The molecule has 3 rings (SSSR count). The molecule has 1 aromatic heterocycles. The Morgan fingerprint density at radius 1 is 1.07 bits per heavy atom. The zero-order valence-corrected chi connectivity index (χ0v) is 15.1. The summed E-state index contributed by atoms with van der Waals surface area (Å²) < 4.78 is 52.6. The van der Waals surface area contributed by atoms with Crippen molar-refractivity contribution in [2.24, 2.45) is 0 Å². The smallest absolute Gasteiger partial charge is 0.321 e. The number of thiazole rings is 1. The molecule has 2 aromatic carbocycles. The predicted molar refractivity (Wildman–Crippen MR) is 96.4 cm³/mol. The van der Waals surface area contributed by atoms with Gasteiger partial charge in [0.05, 0.1) is 5.01 Å². The number of aromatic nitrogens is 1. The largest absolute Gasteiger partial charge is 0.435 e. The maximum atomic E-state index is 13.2. The fraction of sp³-hybridized carbons (Fsp3) is 0.158. The van der Waals surface area contributed by atoms with E-state index < -0.39 is 28.5 Å². The molecule has 140 valence electrons. The van der Waals surface area contributed by atoms with Gasteiger partial charge in [0.15, 0.2) is 5.69 Å². The number of carbonyl (C=O) groups is 1. The van der Waals surface area contributed by atoms with Gasteiger partial charge in [0.1, 0.15) is 10.7 Å². The second-order valence-corrected chi connectivity index (χ2v) is 7.07. The lowest BCUT2D eigenvalue weighted by atomic mass is 9.98. The second kappa shape index (κ2) is 7.11. The molecular weight excluding hydrogens is 380 g/mol. The van der Waals surface area contributed by atoms with E-state index in [0.29, 0.717) is 28.2 Å². The van der Waals surface area contributed by atoms with E-state index in [1.165, 1.54) is 19.1 Å². The number of amides is 1. The zero-order chi connectivity index (χ0) is 19.8. The minimum Gasteiger partial charge on any atom is -0.321 e. The van der Waals surface area contributed by atoms with Crippen LogP contribution in [-0.2, 0) is 6.18 Å². The number of nitrogens with zero attached hydrogens (tertiary/aromatic N) is 1. The molecule has 1 N–H and O–H groups in total. The number of aryl methyl sites for hydroxylation is 2. The van der Waals surface area contributed by atoms with Crippen LogP contribution < -0.4 is 5.32 Å². The third-order valence-electron chi connectivity index (χ3n) is 3.86. The average molecular weight is 394 g/mol. The Balaban J connectivity index is 2.01. The van der Waals surface area contributed by atoms with Crippen molar-refractivity contribution in [3.8, 4) is 11.1 Å². The number of halogens is 4. The van der Waals surface area contributed by atoms with E-state index in [9.17, 15) is 22.4 Å². The average Bonchev–Trinajstić information content (AvgIpc) is 2.99. The normalized spacial score (nSPS) is 11.5.